The molecule has 140 valence electrons. The molecule has 0 saturated carbocycles. The van der Waals surface area contributed by atoms with Gasteiger partial charge in [-0.15, -0.1) is 0 Å². The van der Waals surface area contributed by atoms with Crippen LogP contribution in [0.2, 0.25) is 5.02 Å². The summed E-state index contributed by atoms with van der Waals surface area (Å²) in [7, 11) is 0. The van der Waals surface area contributed by atoms with E-state index in [4.69, 9.17) is 25.5 Å². The van der Waals surface area contributed by atoms with E-state index in [9.17, 15) is 9.59 Å². The fourth-order valence-electron chi connectivity index (χ4n) is 2.71. The van der Waals surface area contributed by atoms with Crippen molar-refractivity contribution < 1.29 is 18.7 Å². The molecular formula is C21H19ClO5. The third-order valence-corrected chi connectivity index (χ3v) is 4.35. The maximum Gasteiger partial charge on any atom is 0.347 e. The molecule has 0 aliphatic rings. The fourth-order valence-corrected chi connectivity index (χ4v) is 2.83. The lowest BCUT2D eigenvalue weighted by molar-refractivity contribution is -0.151. The van der Waals surface area contributed by atoms with E-state index in [0.29, 0.717) is 40.3 Å². The number of carbonyl (C=O) groups excluding carboxylic acids is 1. The molecule has 0 amide bonds. The molecule has 0 radical (unpaired) electrons. The summed E-state index contributed by atoms with van der Waals surface area (Å²) in [5, 5.41) is 1.02. The molecule has 5 nitrogen and oxygen atoms in total. The standard InChI is InChI=1S/C21H19ClO5/c1-3-18(21(24)25-4-2)27-15-9-10-16-19(11-15)26-12-17(20(16)23)13-5-7-14(22)8-6-13/h5-12,18H,3-4H2,1-2H3/t18-/m1/s1. The van der Waals surface area contributed by atoms with Gasteiger partial charge in [-0.05, 0) is 43.2 Å². The van der Waals surface area contributed by atoms with Crippen molar-refractivity contribution in [3.05, 3.63) is 64.0 Å². The predicted molar refractivity (Wildman–Crippen MR) is 104 cm³/mol. The van der Waals surface area contributed by atoms with Crippen LogP contribution in [-0.2, 0) is 9.53 Å². The lowest BCUT2D eigenvalue weighted by Crippen LogP contribution is -2.28. The molecule has 0 unspecified atom stereocenters. The number of rotatable bonds is 6. The first kappa shape index (κ1) is 19.0. The van der Waals surface area contributed by atoms with Gasteiger partial charge in [-0.2, -0.15) is 0 Å². The number of ether oxygens (including phenoxy) is 2. The normalized spacial score (nSPS) is 12.0. The van der Waals surface area contributed by atoms with Crippen LogP contribution in [0.4, 0.5) is 0 Å². The van der Waals surface area contributed by atoms with E-state index in [-0.39, 0.29) is 5.43 Å². The molecule has 0 aliphatic carbocycles. The van der Waals surface area contributed by atoms with Crippen molar-refractivity contribution in [3.8, 4) is 16.9 Å². The number of carbonyl (C=O) groups is 1. The third-order valence-electron chi connectivity index (χ3n) is 4.10. The summed E-state index contributed by atoms with van der Waals surface area (Å²) in [4.78, 5) is 24.7. The van der Waals surface area contributed by atoms with Gasteiger partial charge in [0.1, 0.15) is 17.6 Å². The zero-order valence-electron chi connectivity index (χ0n) is 15.0. The Morgan fingerprint density at radius 2 is 1.89 bits per heavy atom. The largest absolute Gasteiger partial charge is 0.479 e. The van der Waals surface area contributed by atoms with E-state index < -0.39 is 12.1 Å². The van der Waals surface area contributed by atoms with Gasteiger partial charge < -0.3 is 13.9 Å². The van der Waals surface area contributed by atoms with Crippen molar-refractivity contribution >= 4 is 28.5 Å². The average molecular weight is 387 g/mol. The quantitative estimate of drug-likeness (QED) is 0.567. The number of hydrogen-bond acceptors (Lipinski definition) is 5. The predicted octanol–water partition coefficient (Wildman–Crippen LogP) is 4.83. The van der Waals surface area contributed by atoms with E-state index in [1.165, 1.54) is 6.26 Å². The first-order valence-electron chi connectivity index (χ1n) is 8.68. The topological polar surface area (TPSA) is 65.7 Å². The fraction of sp³-hybridized carbons (Fsp3) is 0.238. The van der Waals surface area contributed by atoms with E-state index >= 15 is 0 Å². The Labute approximate surface area is 161 Å². The molecule has 0 bridgehead atoms. The van der Waals surface area contributed by atoms with Crippen LogP contribution in [0.15, 0.2) is 57.9 Å². The minimum absolute atomic E-state index is 0.150. The van der Waals surface area contributed by atoms with Crippen LogP contribution < -0.4 is 10.2 Å². The first-order chi connectivity index (χ1) is 13.0. The lowest BCUT2D eigenvalue weighted by Gasteiger charge is -2.16. The SMILES string of the molecule is CCOC(=O)[C@@H](CC)Oc1ccc2c(=O)c(-c3ccc(Cl)cc3)coc2c1. The van der Waals surface area contributed by atoms with E-state index in [0.717, 1.165) is 5.56 Å². The summed E-state index contributed by atoms with van der Waals surface area (Å²) in [5.74, 6) is 0.0180. The maximum absolute atomic E-state index is 12.8. The van der Waals surface area contributed by atoms with E-state index in [1.807, 2.05) is 6.92 Å². The van der Waals surface area contributed by atoms with Gasteiger partial charge in [0, 0.05) is 11.1 Å². The molecule has 0 fully saturated rings. The van der Waals surface area contributed by atoms with Gasteiger partial charge >= 0.3 is 5.97 Å². The number of hydrogen-bond donors (Lipinski definition) is 0. The molecule has 27 heavy (non-hydrogen) atoms. The molecule has 2 aromatic carbocycles. The summed E-state index contributed by atoms with van der Waals surface area (Å²) in [6.07, 6.45) is 1.18. The van der Waals surface area contributed by atoms with Crippen molar-refractivity contribution in [2.24, 2.45) is 0 Å². The van der Waals surface area contributed by atoms with Gasteiger partial charge in [0.25, 0.3) is 0 Å². The zero-order valence-corrected chi connectivity index (χ0v) is 15.8. The minimum atomic E-state index is -0.706. The summed E-state index contributed by atoms with van der Waals surface area (Å²) >= 11 is 5.90. The van der Waals surface area contributed by atoms with E-state index in [2.05, 4.69) is 0 Å². The van der Waals surface area contributed by atoms with Crippen molar-refractivity contribution in [2.45, 2.75) is 26.4 Å². The van der Waals surface area contributed by atoms with Crippen LogP contribution in [-0.4, -0.2) is 18.7 Å². The first-order valence-corrected chi connectivity index (χ1v) is 9.06. The molecule has 6 heteroatoms. The molecule has 0 aliphatic heterocycles. The number of fused-ring (bicyclic) bond motifs is 1. The van der Waals surface area contributed by atoms with Crippen LogP contribution >= 0.6 is 11.6 Å². The Hall–Kier alpha value is -2.79. The second kappa shape index (κ2) is 8.27. The highest BCUT2D eigenvalue weighted by Crippen LogP contribution is 2.25. The Bertz CT molecular complexity index is 1010. The van der Waals surface area contributed by atoms with Gasteiger partial charge in [-0.1, -0.05) is 30.7 Å². The Morgan fingerprint density at radius 1 is 1.15 bits per heavy atom. The van der Waals surface area contributed by atoms with Crippen molar-refractivity contribution in [2.75, 3.05) is 6.61 Å². The lowest BCUT2D eigenvalue weighted by atomic mass is 10.1. The van der Waals surface area contributed by atoms with Gasteiger partial charge in [0.15, 0.2) is 11.5 Å². The smallest absolute Gasteiger partial charge is 0.347 e. The molecule has 0 spiro atoms. The van der Waals surface area contributed by atoms with Crippen LogP contribution in [0.1, 0.15) is 20.3 Å². The van der Waals surface area contributed by atoms with Crippen LogP contribution in [0, 0.1) is 0 Å². The van der Waals surface area contributed by atoms with Crippen LogP contribution in [0.3, 0.4) is 0 Å². The number of benzene rings is 2. The Kier molecular flexibility index (Phi) is 5.81. The van der Waals surface area contributed by atoms with Crippen molar-refractivity contribution in [1.82, 2.24) is 0 Å². The van der Waals surface area contributed by atoms with Crippen molar-refractivity contribution in [3.63, 3.8) is 0 Å². The second-order valence-electron chi connectivity index (χ2n) is 5.91. The average Bonchev–Trinajstić information content (AvgIpc) is 2.67. The maximum atomic E-state index is 12.8. The molecule has 0 N–H and O–H groups in total. The Balaban J connectivity index is 1.93. The number of halogens is 1. The highest BCUT2D eigenvalue weighted by molar-refractivity contribution is 6.30. The highest BCUT2D eigenvalue weighted by Gasteiger charge is 2.20. The monoisotopic (exact) mass is 386 g/mol. The van der Waals surface area contributed by atoms with Gasteiger partial charge in [0.2, 0.25) is 0 Å². The molecule has 1 aromatic heterocycles. The highest BCUT2D eigenvalue weighted by atomic mass is 35.5. The summed E-state index contributed by atoms with van der Waals surface area (Å²) in [6, 6.07) is 11.9. The van der Waals surface area contributed by atoms with Crippen LogP contribution in [0.5, 0.6) is 5.75 Å². The van der Waals surface area contributed by atoms with Gasteiger partial charge in [-0.3, -0.25) is 4.79 Å². The van der Waals surface area contributed by atoms with Crippen molar-refractivity contribution in [1.29, 1.82) is 0 Å². The molecule has 3 aromatic rings. The molecule has 3 rings (SSSR count). The summed E-state index contributed by atoms with van der Waals surface area (Å²) < 4.78 is 16.3. The third kappa shape index (κ3) is 4.14. The molecule has 1 heterocycles. The molecular weight excluding hydrogens is 368 g/mol. The van der Waals surface area contributed by atoms with Gasteiger partial charge in [0.05, 0.1) is 17.6 Å². The summed E-state index contributed by atoms with van der Waals surface area (Å²) in [5.41, 5.74) is 1.41. The Morgan fingerprint density at radius 3 is 2.56 bits per heavy atom. The zero-order chi connectivity index (χ0) is 19.4. The van der Waals surface area contributed by atoms with Gasteiger partial charge in [-0.25, -0.2) is 4.79 Å². The minimum Gasteiger partial charge on any atom is -0.479 e. The van der Waals surface area contributed by atoms with E-state index in [1.54, 1.807) is 49.4 Å². The molecule has 1 atom stereocenters. The van der Waals surface area contributed by atoms with Crippen LogP contribution in [0.25, 0.3) is 22.1 Å². The molecule has 0 saturated heterocycles. The summed E-state index contributed by atoms with van der Waals surface area (Å²) in [6.45, 7) is 3.87. The number of esters is 1. The second-order valence-corrected chi connectivity index (χ2v) is 6.35.